The predicted molar refractivity (Wildman–Crippen MR) is 73.0 cm³/mol. The molecule has 0 aliphatic rings. The van der Waals surface area contributed by atoms with Gasteiger partial charge in [0.05, 0.1) is 17.5 Å². The number of hydrogen-bond acceptors (Lipinski definition) is 3. The maximum atomic E-state index is 8.73. The maximum absolute atomic E-state index is 8.73. The zero-order chi connectivity index (χ0) is 13.5. The Kier molecular flexibility index (Phi) is 5.87. The number of aryl methyl sites for hydroxylation is 2. The quantitative estimate of drug-likeness (QED) is 0.745. The Bertz CT molecular complexity index is 400. The van der Waals surface area contributed by atoms with Gasteiger partial charge in [-0.25, -0.2) is 0 Å². The van der Waals surface area contributed by atoms with Crippen LogP contribution in [0.3, 0.4) is 0 Å². The molecule has 0 spiro atoms. The summed E-state index contributed by atoms with van der Waals surface area (Å²) in [4.78, 5) is 2.34. The van der Waals surface area contributed by atoms with Gasteiger partial charge in [0.1, 0.15) is 0 Å². The van der Waals surface area contributed by atoms with Crippen molar-refractivity contribution in [3.8, 4) is 6.07 Å². The van der Waals surface area contributed by atoms with Crippen molar-refractivity contribution in [1.29, 1.82) is 5.26 Å². The van der Waals surface area contributed by atoms with Crippen LogP contribution in [-0.4, -0.2) is 27.8 Å². The van der Waals surface area contributed by atoms with Crippen LogP contribution in [0.4, 0.5) is 0 Å². The third-order valence-corrected chi connectivity index (χ3v) is 2.83. The second kappa shape index (κ2) is 7.17. The zero-order valence-corrected chi connectivity index (χ0v) is 12.0. The molecule has 4 nitrogen and oxygen atoms in total. The molecule has 0 aliphatic heterocycles. The summed E-state index contributed by atoms with van der Waals surface area (Å²) in [6, 6.07) is 4.37. The molecule has 1 aromatic rings. The molecule has 0 aromatic carbocycles. The van der Waals surface area contributed by atoms with Crippen LogP contribution in [0.5, 0.6) is 0 Å². The molecule has 1 heterocycles. The largest absolute Gasteiger partial charge is 0.296 e. The molecule has 1 rings (SSSR count). The highest BCUT2D eigenvalue weighted by Crippen LogP contribution is 2.10. The van der Waals surface area contributed by atoms with Gasteiger partial charge in [-0.15, -0.1) is 0 Å². The fraction of sp³-hybridized carbons (Fsp3) is 0.714. The highest BCUT2D eigenvalue weighted by Gasteiger charge is 2.11. The Morgan fingerprint density at radius 2 is 2.22 bits per heavy atom. The van der Waals surface area contributed by atoms with E-state index in [1.165, 1.54) is 5.69 Å². The van der Waals surface area contributed by atoms with Crippen LogP contribution in [0.25, 0.3) is 0 Å². The number of aromatic nitrogens is 2. The van der Waals surface area contributed by atoms with E-state index >= 15 is 0 Å². The van der Waals surface area contributed by atoms with E-state index in [0.29, 0.717) is 12.3 Å². The minimum absolute atomic E-state index is 0.589. The molecule has 0 radical (unpaired) electrons. The second-order valence-corrected chi connectivity index (χ2v) is 5.13. The maximum Gasteiger partial charge on any atom is 0.0635 e. The van der Waals surface area contributed by atoms with E-state index < -0.39 is 0 Å². The van der Waals surface area contributed by atoms with Crippen molar-refractivity contribution in [2.24, 2.45) is 5.92 Å². The van der Waals surface area contributed by atoms with Crippen molar-refractivity contribution < 1.29 is 0 Å². The summed E-state index contributed by atoms with van der Waals surface area (Å²) in [5.41, 5.74) is 2.31. The van der Waals surface area contributed by atoms with Gasteiger partial charge in [-0.2, -0.15) is 10.4 Å². The lowest BCUT2D eigenvalue weighted by Crippen LogP contribution is -2.29. The first-order valence-corrected chi connectivity index (χ1v) is 6.69. The first-order valence-electron chi connectivity index (χ1n) is 6.69. The molecule has 0 unspecified atom stereocenters. The van der Waals surface area contributed by atoms with Crippen LogP contribution in [0, 0.1) is 24.2 Å². The lowest BCUT2D eigenvalue weighted by atomic mass is 10.2. The standard InChI is InChI=1S/C14H24N4/c1-5-18-14(9-13(4)16-18)11-17(8-6-7-15)10-12(2)3/h9,12H,5-6,8,10-11H2,1-4H3. The van der Waals surface area contributed by atoms with Crippen molar-refractivity contribution in [1.82, 2.24) is 14.7 Å². The van der Waals surface area contributed by atoms with Gasteiger partial charge >= 0.3 is 0 Å². The first-order chi connectivity index (χ1) is 8.56. The van der Waals surface area contributed by atoms with Crippen LogP contribution in [0.1, 0.15) is 38.6 Å². The van der Waals surface area contributed by atoms with Gasteiger partial charge < -0.3 is 0 Å². The molecule has 4 heteroatoms. The summed E-state index contributed by atoms with van der Waals surface area (Å²) in [5, 5.41) is 13.2. The van der Waals surface area contributed by atoms with E-state index in [1.807, 2.05) is 6.92 Å². The number of nitrogens with zero attached hydrogens (tertiary/aromatic N) is 4. The number of nitriles is 1. The van der Waals surface area contributed by atoms with E-state index in [0.717, 1.165) is 31.9 Å². The van der Waals surface area contributed by atoms with Gasteiger partial charge in [-0.1, -0.05) is 13.8 Å². The van der Waals surface area contributed by atoms with E-state index in [1.54, 1.807) is 0 Å². The van der Waals surface area contributed by atoms with Crippen LogP contribution >= 0.6 is 0 Å². The number of hydrogen-bond donors (Lipinski definition) is 0. The molecule has 1 aromatic heterocycles. The third-order valence-electron chi connectivity index (χ3n) is 2.83. The van der Waals surface area contributed by atoms with E-state index in [4.69, 9.17) is 5.26 Å². The fourth-order valence-electron chi connectivity index (χ4n) is 2.19. The molecule has 18 heavy (non-hydrogen) atoms. The van der Waals surface area contributed by atoms with E-state index in [9.17, 15) is 0 Å². The predicted octanol–water partition coefficient (Wildman–Crippen LogP) is 2.58. The Labute approximate surface area is 110 Å². The average molecular weight is 248 g/mol. The minimum atomic E-state index is 0.589. The van der Waals surface area contributed by atoms with E-state index in [2.05, 4.69) is 47.6 Å². The van der Waals surface area contributed by atoms with Gasteiger partial charge in [0.15, 0.2) is 0 Å². The Morgan fingerprint density at radius 3 is 2.78 bits per heavy atom. The van der Waals surface area contributed by atoms with Gasteiger partial charge in [-0.05, 0) is 25.8 Å². The molecule has 100 valence electrons. The van der Waals surface area contributed by atoms with Crippen molar-refractivity contribution in [2.75, 3.05) is 13.1 Å². The molecule has 0 saturated carbocycles. The van der Waals surface area contributed by atoms with Crippen molar-refractivity contribution in [3.63, 3.8) is 0 Å². The highest BCUT2D eigenvalue weighted by atomic mass is 15.3. The van der Waals surface area contributed by atoms with Gasteiger partial charge in [0, 0.05) is 32.6 Å². The van der Waals surface area contributed by atoms with Gasteiger partial charge in [0.2, 0.25) is 0 Å². The summed E-state index contributed by atoms with van der Waals surface area (Å²) in [6.07, 6.45) is 0.589. The van der Waals surface area contributed by atoms with Gasteiger partial charge in [-0.3, -0.25) is 9.58 Å². The molecule has 0 atom stereocenters. The normalized spacial score (nSPS) is 11.2. The topological polar surface area (TPSA) is 44.9 Å². The van der Waals surface area contributed by atoms with Crippen molar-refractivity contribution in [3.05, 3.63) is 17.5 Å². The molecular weight excluding hydrogens is 224 g/mol. The SMILES string of the molecule is CCn1nc(C)cc1CN(CCC#N)CC(C)C. The van der Waals surface area contributed by atoms with Gasteiger partial charge in [0.25, 0.3) is 0 Å². The Morgan fingerprint density at radius 1 is 1.50 bits per heavy atom. The lowest BCUT2D eigenvalue weighted by Gasteiger charge is -2.23. The molecule has 0 bridgehead atoms. The molecule has 0 aliphatic carbocycles. The Balaban J connectivity index is 2.71. The minimum Gasteiger partial charge on any atom is -0.296 e. The summed E-state index contributed by atoms with van der Waals surface area (Å²) in [5.74, 6) is 0.614. The number of rotatable bonds is 7. The monoisotopic (exact) mass is 248 g/mol. The smallest absolute Gasteiger partial charge is 0.0635 e. The molecular formula is C14H24N4. The lowest BCUT2D eigenvalue weighted by molar-refractivity contribution is 0.234. The summed E-state index contributed by atoms with van der Waals surface area (Å²) in [7, 11) is 0. The van der Waals surface area contributed by atoms with Crippen LogP contribution in [0.15, 0.2) is 6.07 Å². The molecule has 0 amide bonds. The molecule has 0 saturated heterocycles. The summed E-state index contributed by atoms with van der Waals surface area (Å²) >= 11 is 0. The van der Waals surface area contributed by atoms with Crippen LogP contribution in [-0.2, 0) is 13.1 Å². The summed E-state index contributed by atoms with van der Waals surface area (Å²) in [6.45, 7) is 12.2. The Hall–Kier alpha value is -1.34. The van der Waals surface area contributed by atoms with Crippen LogP contribution in [0.2, 0.25) is 0 Å². The fourth-order valence-corrected chi connectivity index (χ4v) is 2.19. The van der Waals surface area contributed by atoms with Crippen LogP contribution < -0.4 is 0 Å². The van der Waals surface area contributed by atoms with E-state index in [-0.39, 0.29) is 0 Å². The third kappa shape index (κ3) is 4.50. The average Bonchev–Trinajstić information content (AvgIpc) is 2.65. The van der Waals surface area contributed by atoms with Crippen molar-refractivity contribution in [2.45, 2.75) is 47.2 Å². The van der Waals surface area contributed by atoms with Crippen molar-refractivity contribution >= 4 is 0 Å². The highest BCUT2D eigenvalue weighted by molar-refractivity contribution is 5.08. The zero-order valence-electron chi connectivity index (χ0n) is 12.0. The first kappa shape index (κ1) is 14.7. The summed E-state index contributed by atoms with van der Waals surface area (Å²) < 4.78 is 2.05. The molecule has 0 fully saturated rings. The second-order valence-electron chi connectivity index (χ2n) is 5.13. The molecule has 0 N–H and O–H groups in total.